The number of nitrogens with one attached hydrogen (secondary N) is 1. The average molecular weight is 375 g/mol. The Morgan fingerprint density at radius 1 is 0.786 bits per heavy atom. The van der Waals surface area contributed by atoms with Gasteiger partial charge in [-0.2, -0.15) is 0 Å². The normalized spacial score (nSPS) is 10.5. The maximum atomic E-state index is 13.2. The molecule has 0 unspecified atom stereocenters. The van der Waals surface area contributed by atoms with Crippen molar-refractivity contribution in [2.24, 2.45) is 0 Å². The SMILES string of the molecule is CCOc1ccc(NC(=O)C(c2ccccc2)c2ccccc2)cc1OCC. The fourth-order valence-corrected chi connectivity index (χ4v) is 3.13. The molecule has 0 saturated carbocycles. The van der Waals surface area contributed by atoms with Crippen molar-refractivity contribution in [3.05, 3.63) is 90.0 Å². The predicted octanol–water partition coefficient (Wildman–Crippen LogP) is 5.25. The maximum absolute atomic E-state index is 13.2. The molecular weight excluding hydrogens is 350 g/mol. The second-order valence-electron chi connectivity index (χ2n) is 6.27. The molecule has 0 fully saturated rings. The van der Waals surface area contributed by atoms with E-state index in [9.17, 15) is 4.79 Å². The number of hydrogen-bond donors (Lipinski definition) is 1. The van der Waals surface area contributed by atoms with Crippen LogP contribution in [0.5, 0.6) is 11.5 Å². The van der Waals surface area contributed by atoms with E-state index in [1.165, 1.54) is 0 Å². The fraction of sp³-hybridized carbons (Fsp3) is 0.208. The quantitative estimate of drug-likeness (QED) is 0.585. The van der Waals surface area contributed by atoms with Gasteiger partial charge in [-0.05, 0) is 37.1 Å². The zero-order valence-electron chi connectivity index (χ0n) is 16.2. The van der Waals surface area contributed by atoms with Crippen LogP contribution in [0.25, 0.3) is 0 Å². The molecular formula is C24H25NO3. The van der Waals surface area contributed by atoms with Crippen molar-refractivity contribution in [3.63, 3.8) is 0 Å². The van der Waals surface area contributed by atoms with Crippen LogP contribution >= 0.6 is 0 Å². The van der Waals surface area contributed by atoms with Gasteiger partial charge in [-0.3, -0.25) is 4.79 Å². The molecule has 0 aliphatic rings. The van der Waals surface area contributed by atoms with Gasteiger partial charge in [0.15, 0.2) is 11.5 Å². The van der Waals surface area contributed by atoms with Gasteiger partial charge in [0.25, 0.3) is 0 Å². The molecule has 0 heterocycles. The van der Waals surface area contributed by atoms with E-state index >= 15 is 0 Å². The maximum Gasteiger partial charge on any atom is 0.236 e. The Balaban J connectivity index is 1.89. The van der Waals surface area contributed by atoms with Crippen LogP contribution < -0.4 is 14.8 Å². The molecule has 0 radical (unpaired) electrons. The molecule has 3 aromatic rings. The topological polar surface area (TPSA) is 47.6 Å². The second kappa shape index (κ2) is 9.60. The lowest BCUT2D eigenvalue weighted by molar-refractivity contribution is -0.116. The minimum atomic E-state index is -0.399. The van der Waals surface area contributed by atoms with Crippen molar-refractivity contribution >= 4 is 11.6 Å². The lowest BCUT2D eigenvalue weighted by Gasteiger charge is -2.19. The van der Waals surface area contributed by atoms with E-state index in [4.69, 9.17) is 9.47 Å². The van der Waals surface area contributed by atoms with Gasteiger partial charge in [0.1, 0.15) is 0 Å². The zero-order valence-corrected chi connectivity index (χ0v) is 16.2. The van der Waals surface area contributed by atoms with Crippen LogP contribution in [0.4, 0.5) is 5.69 Å². The first-order valence-electron chi connectivity index (χ1n) is 9.53. The van der Waals surface area contributed by atoms with Gasteiger partial charge in [-0.1, -0.05) is 60.7 Å². The summed E-state index contributed by atoms with van der Waals surface area (Å²) >= 11 is 0. The molecule has 3 aromatic carbocycles. The van der Waals surface area contributed by atoms with Crippen LogP contribution in [0.15, 0.2) is 78.9 Å². The molecule has 0 atom stereocenters. The summed E-state index contributed by atoms with van der Waals surface area (Å²) in [5, 5.41) is 3.03. The molecule has 1 N–H and O–H groups in total. The summed E-state index contributed by atoms with van der Waals surface area (Å²) in [4.78, 5) is 13.2. The van der Waals surface area contributed by atoms with E-state index in [1.54, 1.807) is 6.07 Å². The van der Waals surface area contributed by atoms with E-state index in [2.05, 4.69) is 5.32 Å². The zero-order chi connectivity index (χ0) is 19.8. The Morgan fingerprint density at radius 3 is 1.86 bits per heavy atom. The minimum Gasteiger partial charge on any atom is -0.490 e. The van der Waals surface area contributed by atoms with Crippen molar-refractivity contribution < 1.29 is 14.3 Å². The van der Waals surface area contributed by atoms with Crippen molar-refractivity contribution in [1.82, 2.24) is 0 Å². The molecule has 0 aliphatic heterocycles. The van der Waals surface area contributed by atoms with Gasteiger partial charge < -0.3 is 14.8 Å². The minimum absolute atomic E-state index is 0.0935. The lowest BCUT2D eigenvalue weighted by Crippen LogP contribution is -2.22. The monoisotopic (exact) mass is 375 g/mol. The molecule has 28 heavy (non-hydrogen) atoms. The Kier molecular flexibility index (Phi) is 6.68. The van der Waals surface area contributed by atoms with E-state index < -0.39 is 5.92 Å². The van der Waals surface area contributed by atoms with E-state index in [0.717, 1.165) is 11.1 Å². The number of hydrogen-bond acceptors (Lipinski definition) is 3. The van der Waals surface area contributed by atoms with E-state index in [1.807, 2.05) is 86.6 Å². The van der Waals surface area contributed by atoms with Crippen LogP contribution in [-0.4, -0.2) is 19.1 Å². The Labute approximate surface area is 166 Å². The van der Waals surface area contributed by atoms with Crippen LogP contribution in [0.1, 0.15) is 30.9 Å². The van der Waals surface area contributed by atoms with Crippen LogP contribution in [-0.2, 0) is 4.79 Å². The van der Waals surface area contributed by atoms with Gasteiger partial charge in [0.05, 0.1) is 19.1 Å². The highest BCUT2D eigenvalue weighted by molar-refractivity contribution is 5.98. The molecule has 0 saturated heterocycles. The summed E-state index contributed by atoms with van der Waals surface area (Å²) in [6.07, 6.45) is 0. The van der Waals surface area contributed by atoms with Crippen LogP contribution in [0.3, 0.4) is 0 Å². The second-order valence-corrected chi connectivity index (χ2v) is 6.27. The van der Waals surface area contributed by atoms with Crippen LogP contribution in [0, 0.1) is 0 Å². The Morgan fingerprint density at radius 2 is 1.32 bits per heavy atom. The van der Waals surface area contributed by atoms with Crippen molar-refractivity contribution in [1.29, 1.82) is 0 Å². The number of rotatable bonds is 8. The Hall–Kier alpha value is -3.27. The van der Waals surface area contributed by atoms with Crippen molar-refractivity contribution in [2.75, 3.05) is 18.5 Å². The highest BCUT2D eigenvalue weighted by atomic mass is 16.5. The fourth-order valence-electron chi connectivity index (χ4n) is 3.13. The number of anilines is 1. The molecule has 0 bridgehead atoms. The largest absolute Gasteiger partial charge is 0.490 e. The number of ether oxygens (including phenoxy) is 2. The third-order valence-corrected chi connectivity index (χ3v) is 4.34. The van der Waals surface area contributed by atoms with Gasteiger partial charge in [0, 0.05) is 11.8 Å². The molecule has 0 aromatic heterocycles. The molecule has 4 heteroatoms. The first-order chi connectivity index (χ1) is 13.7. The van der Waals surface area contributed by atoms with E-state index in [0.29, 0.717) is 30.4 Å². The average Bonchev–Trinajstić information content (AvgIpc) is 2.72. The summed E-state index contributed by atoms with van der Waals surface area (Å²) in [5.74, 6) is 0.802. The third kappa shape index (κ3) is 4.71. The molecule has 3 rings (SSSR count). The number of carbonyl (C=O) groups is 1. The van der Waals surface area contributed by atoms with Crippen molar-refractivity contribution in [3.8, 4) is 11.5 Å². The molecule has 1 amide bonds. The number of benzene rings is 3. The summed E-state index contributed by atoms with van der Waals surface area (Å²) in [5.41, 5.74) is 2.57. The highest BCUT2D eigenvalue weighted by Crippen LogP contribution is 2.32. The molecule has 0 aliphatic carbocycles. The van der Waals surface area contributed by atoms with Gasteiger partial charge in [-0.25, -0.2) is 0 Å². The first kappa shape index (κ1) is 19.5. The molecule has 4 nitrogen and oxygen atoms in total. The molecule has 144 valence electrons. The standard InChI is InChI=1S/C24H25NO3/c1-3-27-21-16-15-20(17-22(21)28-4-2)25-24(26)23(18-11-7-5-8-12-18)19-13-9-6-10-14-19/h5-17,23H,3-4H2,1-2H3,(H,25,26). The van der Waals surface area contributed by atoms with Crippen LogP contribution in [0.2, 0.25) is 0 Å². The number of carbonyl (C=O) groups excluding carboxylic acids is 1. The summed E-state index contributed by atoms with van der Waals surface area (Å²) < 4.78 is 11.3. The molecule has 0 spiro atoms. The van der Waals surface area contributed by atoms with Gasteiger partial charge in [-0.15, -0.1) is 0 Å². The summed E-state index contributed by atoms with van der Waals surface area (Å²) in [7, 11) is 0. The third-order valence-electron chi connectivity index (χ3n) is 4.34. The lowest BCUT2D eigenvalue weighted by atomic mass is 9.90. The van der Waals surface area contributed by atoms with Gasteiger partial charge >= 0.3 is 0 Å². The summed E-state index contributed by atoms with van der Waals surface area (Å²) in [6.45, 7) is 4.92. The first-order valence-corrected chi connectivity index (χ1v) is 9.53. The number of amides is 1. The van der Waals surface area contributed by atoms with Gasteiger partial charge in [0.2, 0.25) is 5.91 Å². The summed E-state index contributed by atoms with van der Waals surface area (Å²) in [6, 6.07) is 25.0. The smallest absolute Gasteiger partial charge is 0.236 e. The predicted molar refractivity (Wildman–Crippen MR) is 112 cm³/mol. The van der Waals surface area contributed by atoms with E-state index in [-0.39, 0.29) is 5.91 Å². The van der Waals surface area contributed by atoms with Crippen molar-refractivity contribution in [2.45, 2.75) is 19.8 Å². The Bertz CT molecular complexity index is 855. The highest BCUT2D eigenvalue weighted by Gasteiger charge is 2.23.